The number of carbonyl (C=O) groups excluding carboxylic acids is 1. The van der Waals surface area contributed by atoms with E-state index in [2.05, 4.69) is 11.9 Å². The van der Waals surface area contributed by atoms with Gasteiger partial charge in [0.05, 0.1) is 0 Å². The molecule has 0 heterocycles. The van der Waals surface area contributed by atoms with Crippen molar-refractivity contribution in [1.29, 1.82) is 0 Å². The Balaban J connectivity index is 3.64. The summed E-state index contributed by atoms with van der Waals surface area (Å²) >= 11 is 0. The molecule has 0 saturated carbocycles. The first kappa shape index (κ1) is 11.7. The van der Waals surface area contributed by atoms with Crippen molar-refractivity contribution >= 4 is 11.9 Å². The second-order valence-corrected chi connectivity index (χ2v) is 3.00. The number of amides is 1. The van der Waals surface area contributed by atoms with Gasteiger partial charge < -0.3 is 10.4 Å². The maximum absolute atomic E-state index is 11.0. The van der Waals surface area contributed by atoms with Crippen LogP contribution in [-0.4, -0.2) is 23.5 Å². The number of carbonyl (C=O) groups is 2. The first-order valence-electron chi connectivity index (χ1n) is 4.15. The van der Waals surface area contributed by atoms with Crippen LogP contribution in [0.4, 0.5) is 0 Å². The highest BCUT2D eigenvalue weighted by Gasteiger charge is 2.11. The van der Waals surface area contributed by atoms with E-state index in [0.717, 1.165) is 0 Å². The van der Waals surface area contributed by atoms with Gasteiger partial charge >= 0.3 is 5.97 Å². The highest BCUT2D eigenvalue weighted by molar-refractivity contribution is 5.77. The molecule has 13 heavy (non-hydrogen) atoms. The van der Waals surface area contributed by atoms with Crippen LogP contribution < -0.4 is 5.32 Å². The van der Waals surface area contributed by atoms with Crippen molar-refractivity contribution in [3.63, 3.8) is 0 Å². The maximum atomic E-state index is 11.0. The SMILES string of the molecule is C=CCNC(=O)C[C@H](C)CC(=O)O. The summed E-state index contributed by atoms with van der Waals surface area (Å²) in [5.41, 5.74) is 0. The van der Waals surface area contributed by atoms with Crippen molar-refractivity contribution in [3.8, 4) is 0 Å². The van der Waals surface area contributed by atoms with Crippen molar-refractivity contribution < 1.29 is 14.7 Å². The second-order valence-electron chi connectivity index (χ2n) is 3.00. The Morgan fingerprint density at radius 1 is 1.54 bits per heavy atom. The Labute approximate surface area is 77.6 Å². The number of rotatable bonds is 6. The minimum Gasteiger partial charge on any atom is -0.481 e. The van der Waals surface area contributed by atoms with E-state index in [9.17, 15) is 9.59 Å². The monoisotopic (exact) mass is 185 g/mol. The third-order valence-electron chi connectivity index (χ3n) is 1.50. The van der Waals surface area contributed by atoms with Crippen LogP contribution in [0.1, 0.15) is 19.8 Å². The summed E-state index contributed by atoms with van der Waals surface area (Å²) < 4.78 is 0. The summed E-state index contributed by atoms with van der Waals surface area (Å²) in [5.74, 6) is -1.13. The van der Waals surface area contributed by atoms with Gasteiger partial charge in [0, 0.05) is 19.4 Å². The minimum absolute atomic E-state index is 0.0293. The van der Waals surface area contributed by atoms with Gasteiger partial charge in [0.1, 0.15) is 0 Å². The normalized spacial score (nSPS) is 11.8. The van der Waals surface area contributed by atoms with Crippen LogP contribution in [-0.2, 0) is 9.59 Å². The lowest BCUT2D eigenvalue weighted by Crippen LogP contribution is -2.25. The predicted octanol–water partition coefficient (Wildman–Crippen LogP) is 0.790. The van der Waals surface area contributed by atoms with E-state index in [-0.39, 0.29) is 24.7 Å². The Morgan fingerprint density at radius 2 is 2.15 bits per heavy atom. The molecule has 0 spiro atoms. The zero-order valence-electron chi connectivity index (χ0n) is 7.75. The summed E-state index contributed by atoms with van der Waals surface area (Å²) in [6, 6.07) is 0. The van der Waals surface area contributed by atoms with E-state index < -0.39 is 5.97 Å². The molecule has 0 aromatic heterocycles. The standard InChI is InChI=1S/C9H15NO3/c1-3-4-10-8(11)5-7(2)6-9(12)13/h3,7H,1,4-6H2,2H3,(H,10,11)(H,12,13)/t7-/m0/s1. The molecule has 0 radical (unpaired) electrons. The molecule has 74 valence electrons. The molecule has 0 aromatic rings. The zero-order chi connectivity index (χ0) is 10.3. The van der Waals surface area contributed by atoms with Crippen molar-refractivity contribution in [1.82, 2.24) is 5.32 Å². The van der Waals surface area contributed by atoms with E-state index in [4.69, 9.17) is 5.11 Å². The lowest BCUT2D eigenvalue weighted by Gasteiger charge is -2.07. The highest BCUT2D eigenvalue weighted by Crippen LogP contribution is 2.06. The summed E-state index contributed by atoms with van der Waals surface area (Å²) in [7, 11) is 0. The van der Waals surface area contributed by atoms with Gasteiger partial charge in [0.15, 0.2) is 0 Å². The largest absolute Gasteiger partial charge is 0.481 e. The molecule has 0 aromatic carbocycles. The molecular weight excluding hydrogens is 170 g/mol. The summed E-state index contributed by atoms with van der Waals surface area (Å²) in [4.78, 5) is 21.3. The molecule has 1 atom stereocenters. The third kappa shape index (κ3) is 7.05. The van der Waals surface area contributed by atoms with Crippen LogP contribution in [0.3, 0.4) is 0 Å². The molecule has 0 aliphatic carbocycles. The number of aliphatic carboxylic acids is 1. The lowest BCUT2D eigenvalue weighted by atomic mass is 10.0. The van der Waals surface area contributed by atoms with Gasteiger partial charge in [-0.15, -0.1) is 6.58 Å². The van der Waals surface area contributed by atoms with Gasteiger partial charge in [-0.25, -0.2) is 0 Å². The van der Waals surface area contributed by atoms with E-state index in [1.807, 2.05) is 0 Å². The van der Waals surface area contributed by atoms with E-state index in [1.54, 1.807) is 13.0 Å². The van der Waals surface area contributed by atoms with E-state index in [1.165, 1.54) is 0 Å². The molecule has 0 aliphatic rings. The molecule has 2 N–H and O–H groups in total. The number of nitrogens with one attached hydrogen (secondary N) is 1. The number of hydrogen-bond acceptors (Lipinski definition) is 2. The van der Waals surface area contributed by atoms with Crippen LogP contribution >= 0.6 is 0 Å². The number of hydrogen-bond donors (Lipinski definition) is 2. The first-order chi connectivity index (χ1) is 6.06. The fourth-order valence-corrected chi connectivity index (χ4v) is 0.945. The average Bonchev–Trinajstić information content (AvgIpc) is 1.98. The van der Waals surface area contributed by atoms with Crippen LogP contribution in [0.2, 0.25) is 0 Å². The van der Waals surface area contributed by atoms with Gasteiger partial charge in [0.25, 0.3) is 0 Å². The molecule has 0 bridgehead atoms. The Hall–Kier alpha value is -1.32. The predicted molar refractivity (Wildman–Crippen MR) is 49.2 cm³/mol. The second kappa shape index (κ2) is 6.22. The van der Waals surface area contributed by atoms with Gasteiger partial charge in [0.2, 0.25) is 5.91 Å². The molecule has 0 saturated heterocycles. The molecule has 1 amide bonds. The van der Waals surface area contributed by atoms with Gasteiger partial charge in [-0.05, 0) is 5.92 Å². The van der Waals surface area contributed by atoms with Crippen LogP contribution in [0, 0.1) is 5.92 Å². The first-order valence-corrected chi connectivity index (χ1v) is 4.15. The highest BCUT2D eigenvalue weighted by atomic mass is 16.4. The third-order valence-corrected chi connectivity index (χ3v) is 1.50. The smallest absolute Gasteiger partial charge is 0.303 e. The van der Waals surface area contributed by atoms with Crippen LogP contribution in [0.25, 0.3) is 0 Å². The topological polar surface area (TPSA) is 66.4 Å². The molecule has 4 nitrogen and oxygen atoms in total. The fraction of sp³-hybridized carbons (Fsp3) is 0.556. The van der Waals surface area contributed by atoms with E-state index >= 15 is 0 Å². The molecular formula is C9H15NO3. The van der Waals surface area contributed by atoms with Crippen LogP contribution in [0.5, 0.6) is 0 Å². The molecule has 0 aliphatic heterocycles. The molecule has 0 rings (SSSR count). The zero-order valence-corrected chi connectivity index (χ0v) is 7.75. The minimum atomic E-state index is -0.871. The van der Waals surface area contributed by atoms with E-state index in [0.29, 0.717) is 6.54 Å². The van der Waals surface area contributed by atoms with Gasteiger partial charge in [-0.3, -0.25) is 9.59 Å². The van der Waals surface area contributed by atoms with Crippen molar-refractivity contribution in [2.24, 2.45) is 5.92 Å². The Kier molecular flexibility index (Phi) is 5.59. The van der Waals surface area contributed by atoms with Gasteiger partial charge in [-0.1, -0.05) is 13.0 Å². The Morgan fingerprint density at radius 3 is 2.62 bits per heavy atom. The number of carboxylic acids is 1. The summed E-state index contributed by atoms with van der Waals surface area (Å²) in [6.45, 7) is 5.62. The van der Waals surface area contributed by atoms with Gasteiger partial charge in [-0.2, -0.15) is 0 Å². The van der Waals surface area contributed by atoms with Crippen LogP contribution in [0.15, 0.2) is 12.7 Å². The van der Waals surface area contributed by atoms with Crippen molar-refractivity contribution in [2.45, 2.75) is 19.8 Å². The fourth-order valence-electron chi connectivity index (χ4n) is 0.945. The summed E-state index contributed by atoms with van der Waals surface area (Å²) in [6.07, 6.45) is 1.86. The summed E-state index contributed by atoms with van der Waals surface area (Å²) in [5, 5.41) is 11.0. The average molecular weight is 185 g/mol. The maximum Gasteiger partial charge on any atom is 0.303 e. The molecule has 0 unspecified atom stereocenters. The molecule has 4 heteroatoms. The lowest BCUT2D eigenvalue weighted by molar-refractivity contribution is -0.138. The number of carboxylic acid groups (broad SMARTS) is 1. The Bertz CT molecular complexity index is 201. The molecule has 0 fully saturated rings. The quantitative estimate of drug-likeness (QED) is 0.601. The van der Waals surface area contributed by atoms with Crippen molar-refractivity contribution in [2.75, 3.05) is 6.54 Å². The van der Waals surface area contributed by atoms with Crippen molar-refractivity contribution in [3.05, 3.63) is 12.7 Å².